The highest BCUT2D eigenvalue weighted by Crippen LogP contribution is 2.12. The highest BCUT2D eigenvalue weighted by Gasteiger charge is 2.13. The van der Waals surface area contributed by atoms with Crippen LogP contribution < -0.4 is 10.6 Å². The van der Waals surface area contributed by atoms with E-state index in [1.165, 1.54) is 12.8 Å². The van der Waals surface area contributed by atoms with Crippen LogP contribution in [-0.2, 0) is 4.79 Å². The Hall–Kier alpha value is -0.570. The van der Waals surface area contributed by atoms with Crippen LogP contribution in [0.1, 0.15) is 33.1 Å². The molecule has 3 heteroatoms. The zero-order valence-electron chi connectivity index (χ0n) is 9.31. The van der Waals surface area contributed by atoms with Crippen molar-refractivity contribution in [2.75, 3.05) is 19.6 Å². The first kappa shape index (κ1) is 11.5. The Kier molecular flexibility index (Phi) is 4.94. The molecule has 1 fully saturated rings. The Balaban J connectivity index is 2.05. The third-order valence-electron chi connectivity index (χ3n) is 2.78. The van der Waals surface area contributed by atoms with Gasteiger partial charge in [0.25, 0.3) is 0 Å². The van der Waals surface area contributed by atoms with Crippen molar-refractivity contribution in [3.8, 4) is 0 Å². The maximum absolute atomic E-state index is 11.3. The van der Waals surface area contributed by atoms with Crippen molar-refractivity contribution in [2.45, 2.75) is 33.1 Å². The van der Waals surface area contributed by atoms with E-state index in [0.717, 1.165) is 32.0 Å². The summed E-state index contributed by atoms with van der Waals surface area (Å²) in [6, 6.07) is 0. The first-order valence-corrected chi connectivity index (χ1v) is 5.68. The molecule has 1 rings (SSSR count). The molecule has 1 amide bonds. The standard InChI is InChI=1S/C11H22N2O/c1-9(2)11(14)13-7-5-10-4-3-6-12-8-10/h9-10,12H,3-8H2,1-2H3,(H,13,14). The fraction of sp³-hybridized carbons (Fsp3) is 0.909. The van der Waals surface area contributed by atoms with Gasteiger partial charge in [0.05, 0.1) is 0 Å². The Morgan fingerprint density at radius 3 is 2.93 bits per heavy atom. The molecule has 3 nitrogen and oxygen atoms in total. The maximum atomic E-state index is 11.3. The van der Waals surface area contributed by atoms with Gasteiger partial charge in [0, 0.05) is 12.5 Å². The van der Waals surface area contributed by atoms with Crippen LogP contribution in [0.4, 0.5) is 0 Å². The van der Waals surface area contributed by atoms with Gasteiger partial charge in [-0.1, -0.05) is 13.8 Å². The molecule has 2 N–H and O–H groups in total. The van der Waals surface area contributed by atoms with E-state index >= 15 is 0 Å². The number of carbonyl (C=O) groups is 1. The molecule has 1 aliphatic heterocycles. The van der Waals surface area contributed by atoms with Crippen LogP contribution >= 0.6 is 0 Å². The fourth-order valence-electron chi connectivity index (χ4n) is 1.77. The van der Waals surface area contributed by atoms with Gasteiger partial charge in [0.1, 0.15) is 0 Å². The van der Waals surface area contributed by atoms with E-state index in [0.29, 0.717) is 0 Å². The molecule has 1 unspecified atom stereocenters. The third-order valence-corrected chi connectivity index (χ3v) is 2.78. The largest absolute Gasteiger partial charge is 0.356 e. The van der Waals surface area contributed by atoms with Crippen molar-refractivity contribution >= 4 is 5.91 Å². The van der Waals surface area contributed by atoms with Crippen LogP contribution in [0.5, 0.6) is 0 Å². The summed E-state index contributed by atoms with van der Waals surface area (Å²) in [5.74, 6) is 1.05. The summed E-state index contributed by atoms with van der Waals surface area (Å²) in [5.41, 5.74) is 0. The molecule has 82 valence electrons. The smallest absolute Gasteiger partial charge is 0.222 e. The first-order valence-electron chi connectivity index (χ1n) is 5.68. The van der Waals surface area contributed by atoms with Crippen molar-refractivity contribution in [2.24, 2.45) is 11.8 Å². The van der Waals surface area contributed by atoms with Crippen molar-refractivity contribution in [3.05, 3.63) is 0 Å². The monoisotopic (exact) mass is 198 g/mol. The number of nitrogens with one attached hydrogen (secondary N) is 2. The lowest BCUT2D eigenvalue weighted by Crippen LogP contribution is -2.34. The quantitative estimate of drug-likeness (QED) is 0.711. The number of amides is 1. The van der Waals surface area contributed by atoms with Gasteiger partial charge in [0.15, 0.2) is 0 Å². The summed E-state index contributed by atoms with van der Waals surface area (Å²) >= 11 is 0. The maximum Gasteiger partial charge on any atom is 0.222 e. The summed E-state index contributed by atoms with van der Waals surface area (Å²) < 4.78 is 0. The lowest BCUT2D eigenvalue weighted by Gasteiger charge is -2.22. The predicted molar refractivity (Wildman–Crippen MR) is 58.1 cm³/mol. The van der Waals surface area contributed by atoms with Gasteiger partial charge in [-0.25, -0.2) is 0 Å². The SMILES string of the molecule is CC(C)C(=O)NCCC1CCCNC1. The molecule has 1 aliphatic rings. The van der Waals surface area contributed by atoms with E-state index in [-0.39, 0.29) is 11.8 Å². The summed E-state index contributed by atoms with van der Waals surface area (Å²) in [6.07, 6.45) is 3.71. The van der Waals surface area contributed by atoms with Gasteiger partial charge in [-0.15, -0.1) is 0 Å². The Bertz CT molecular complexity index is 174. The molecule has 14 heavy (non-hydrogen) atoms. The zero-order valence-corrected chi connectivity index (χ0v) is 9.31. The van der Waals surface area contributed by atoms with Gasteiger partial charge in [-0.05, 0) is 38.3 Å². The molecule has 1 saturated heterocycles. The topological polar surface area (TPSA) is 41.1 Å². The number of carbonyl (C=O) groups excluding carboxylic acids is 1. The molecule has 1 heterocycles. The highest BCUT2D eigenvalue weighted by molar-refractivity contribution is 5.77. The van der Waals surface area contributed by atoms with Gasteiger partial charge in [-0.2, -0.15) is 0 Å². The van der Waals surface area contributed by atoms with E-state index in [9.17, 15) is 4.79 Å². The van der Waals surface area contributed by atoms with Crippen LogP contribution in [0.3, 0.4) is 0 Å². The second-order valence-electron chi connectivity index (χ2n) is 4.45. The second kappa shape index (κ2) is 6.02. The summed E-state index contributed by atoms with van der Waals surface area (Å²) in [5, 5.41) is 6.35. The molecular formula is C11H22N2O. The second-order valence-corrected chi connectivity index (χ2v) is 4.45. The van der Waals surface area contributed by atoms with Crippen molar-refractivity contribution in [3.63, 3.8) is 0 Å². The average molecular weight is 198 g/mol. The van der Waals surface area contributed by atoms with Crippen LogP contribution in [-0.4, -0.2) is 25.5 Å². The lowest BCUT2D eigenvalue weighted by molar-refractivity contribution is -0.124. The molecular weight excluding hydrogens is 176 g/mol. The Morgan fingerprint density at radius 1 is 1.57 bits per heavy atom. The fourth-order valence-corrected chi connectivity index (χ4v) is 1.77. The molecule has 0 aromatic heterocycles. The van der Waals surface area contributed by atoms with E-state index in [4.69, 9.17) is 0 Å². The van der Waals surface area contributed by atoms with E-state index < -0.39 is 0 Å². The van der Waals surface area contributed by atoms with E-state index in [1.807, 2.05) is 13.8 Å². The Morgan fingerprint density at radius 2 is 2.36 bits per heavy atom. The molecule has 0 radical (unpaired) electrons. The van der Waals surface area contributed by atoms with Gasteiger partial charge >= 0.3 is 0 Å². The number of piperidine rings is 1. The van der Waals surface area contributed by atoms with Crippen molar-refractivity contribution in [1.29, 1.82) is 0 Å². The van der Waals surface area contributed by atoms with Gasteiger partial charge < -0.3 is 10.6 Å². The predicted octanol–water partition coefficient (Wildman–Crippen LogP) is 1.15. The molecule has 0 aromatic carbocycles. The molecule has 0 saturated carbocycles. The van der Waals surface area contributed by atoms with Gasteiger partial charge in [-0.3, -0.25) is 4.79 Å². The number of hydrogen-bond acceptors (Lipinski definition) is 2. The third kappa shape index (κ3) is 4.09. The summed E-state index contributed by atoms with van der Waals surface area (Å²) in [7, 11) is 0. The summed E-state index contributed by atoms with van der Waals surface area (Å²) in [4.78, 5) is 11.3. The Labute approximate surface area is 86.6 Å². The minimum atomic E-state index is 0.111. The normalized spacial score (nSPS) is 22.4. The molecule has 0 aliphatic carbocycles. The van der Waals surface area contributed by atoms with Crippen molar-refractivity contribution < 1.29 is 4.79 Å². The highest BCUT2D eigenvalue weighted by atomic mass is 16.1. The molecule has 1 atom stereocenters. The van der Waals surface area contributed by atoms with E-state index in [1.54, 1.807) is 0 Å². The van der Waals surface area contributed by atoms with Gasteiger partial charge in [0.2, 0.25) is 5.91 Å². The zero-order chi connectivity index (χ0) is 10.4. The van der Waals surface area contributed by atoms with Crippen LogP contribution in [0.25, 0.3) is 0 Å². The minimum Gasteiger partial charge on any atom is -0.356 e. The minimum absolute atomic E-state index is 0.111. The molecule has 0 bridgehead atoms. The number of rotatable bonds is 4. The van der Waals surface area contributed by atoms with Crippen LogP contribution in [0, 0.1) is 11.8 Å². The lowest BCUT2D eigenvalue weighted by atomic mass is 9.96. The molecule has 0 spiro atoms. The average Bonchev–Trinajstić information content (AvgIpc) is 2.19. The molecule has 0 aromatic rings. The van der Waals surface area contributed by atoms with Crippen LogP contribution in [0.2, 0.25) is 0 Å². The number of hydrogen-bond donors (Lipinski definition) is 2. The van der Waals surface area contributed by atoms with E-state index in [2.05, 4.69) is 10.6 Å². The van der Waals surface area contributed by atoms with Crippen LogP contribution in [0.15, 0.2) is 0 Å². The summed E-state index contributed by atoms with van der Waals surface area (Å²) in [6.45, 7) is 6.98. The van der Waals surface area contributed by atoms with Crippen molar-refractivity contribution in [1.82, 2.24) is 10.6 Å². The first-order chi connectivity index (χ1) is 6.70.